The summed E-state index contributed by atoms with van der Waals surface area (Å²) in [5, 5.41) is 16.9. The van der Waals surface area contributed by atoms with Gasteiger partial charge in [0.2, 0.25) is 0 Å². The zero-order chi connectivity index (χ0) is 8.69. The first kappa shape index (κ1) is 10.3. The Morgan fingerprint density at radius 3 is 2.36 bits per heavy atom. The lowest BCUT2D eigenvalue weighted by Crippen LogP contribution is -2.23. The molecule has 11 heavy (non-hydrogen) atoms. The number of hydrogen-bond acceptors (Lipinski definition) is 3. The van der Waals surface area contributed by atoms with Crippen LogP contribution >= 0.6 is 0 Å². The Balaban J connectivity index is 3.09. The molecule has 0 spiro atoms. The monoisotopic (exact) mass is 159 g/mol. The summed E-state index contributed by atoms with van der Waals surface area (Å²) >= 11 is 0. The highest BCUT2D eigenvalue weighted by atomic mass is 16.4. The molecule has 0 aromatic rings. The summed E-state index contributed by atoms with van der Waals surface area (Å²) in [6.07, 6.45) is 1.87. The summed E-state index contributed by atoms with van der Waals surface area (Å²) in [6, 6.07) is 0. The lowest BCUT2D eigenvalue weighted by atomic mass is 9.84. The summed E-state index contributed by atoms with van der Waals surface area (Å²) in [5.41, 5.74) is 10.1. The van der Waals surface area contributed by atoms with E-state index in [-0.39, 0.29) is 5.96 Å². The molecule has 0 aliphatic carbocycles. The lowest BCUT2D eigenvalue weighted by Gasteiger charge is -1.96. The second-order valence-corrected chi connectivity index (χ2v) is 2.28. The first-order chi connectivity index (χ1) is 5.13. The molecule has 0 saturated carbocycles. The maximum atomic E-state index is 8.43. The molecule has 0 bridgehead atoms. The van der Waals surface area contributed by atoms with Crippen LogP contribution in [0.2, 0.25) is 6.32 Å². The molecule has 0 aliphatic heterocycles. The van der Waals surface area contributed by atoms with Crippen LogP contribution in [0.25, 0.3) is 0 Å². The summed E-state index contributed by atoms with van der Waals surface area (Å²) < 4.78 is 0. The van der Waals surface area contributed by atoms with E-state index in [2.05, 4.69) is 4.99 Å². The zero-order valence-corrected chi connectivity index (χ0v) is 6.40. The van der Waals surface area contributed by atoms with Gasteiger partial charge in [-0.2, -0.15) is 0 Å². The molecule has 5 nitrogen and oxygen atoms in total. The molecule has 6 N–H and O–H groups in total. The van der Waals surface area contributed by atoms with Crippen LogP contribution in [0.1, 0.15) is 12.8 Å². The fourth-order valence-corrected chi connectivity index (χ4v) is 0.647. The fourth-order valence-electron chi connectivity index (χ4n) is 0.647. The van der Waals surface area contributed by atoms with Gasteiger partial charge in [-0.25, -0.2) is 0 Å². The van der Waals surface area contributed by atoms with Gasteiger partial charge in [-0.05, 0) is 12.7 Å². The highest BCUT2D eigenvalue weighted by molar-refractivity contribution is 6.40. The Morgan fingerprint density at radius 2 is 1.91 bits per heavy atom. The summed E-state index contributed by atoms with van der Waals surface area (Å²) in [7, 11) is -1.21. The third kappa shape index (κ3) is 9.25. The third-order valence-corrected chi connectivity index (χ3v) is 1.16. The van der Waals surface area contributed by atoms with Crippen molar-refractivity contribution in [3.05, 3.63) is 0 Å². The molecule has 0 fully saturated rings. The van der Waals surface area contributed by atoms with Crippen LogP contribution in [0.3, 0.4) is 0 Å². The number of unbranched alkanes of at least 4 members (excludes halogenated alkanes) is 1. The standard InChI is InChI=1S/C5H14BN3O2/c7-5(8)9-4-2-1-3-6(10)11/h10-11H,1-4H2,(H4,7,8,9). The smallest absolute Gasteiger partial charge is 0.427 e. The molecule has 6 heteroatoms. The van der Waals surface area contributed by atoms with Crippen molar-refractivity contribution in [2.75, 3.05) is 6.54 Å². The van der Waals surface area contributed by atoms with Crippen molar-refractivity contribution >= 4 is 13.1 Å². The van der Waals surface area contributed by atoms with Gasteiger partial charge in [-0.15, -0.1) is 0 Å². The number of nitrogens with zero attached hydrogens (tertiary/aromatic N) is 1. The Labute approximate surface area is 66.3 Å². The van der Waals surface area contributed by atoms with Gasteiger partial charge >= 0.3 is 7.12 Å². The molecule has 0 aromatic carbocycles. The first-order valence-electron chi connectivity index (χ1n) is 3.54. The molecule has 0 radical (unpaired) electrons. The minimum atomic E-state index is -1.21. The molecule has 0 rings (SSSR count). The minimum absolute atomic E-state index is 0.0783. The van der Waals surface area contributed by atoms with Crippen molar-refractivity contribution in [1.82, 2.24) is 0 Å². The van der Waals surface area contributed by atoms with Gasteiger partial charge in [0.15, 0.2) is 5.96 Å². The van der Waals surface area contributed by atoms with E-state index in [0.29, 0.717) is 19.3 Å². The van der Waals surface area contributed by atoms with Crippen molar-refractivity contribution in [3.8, 4) is 0 Å². The Kier molecular flexibility index (Phi) is 5.59. The van der Waals surface area contributed by atoms with Crippen LogP contribution in [0.15, 0.2) is 4.99 Å². The van der Waals surface area contributed by atoms with Crippen LogP contribution < -0.4 is 11.5 Å². The molecular formula is C5H14BN3O2. The third-order valence-electron chi connectivity index (χ3n) is 1.16. The van der Waals surface area contributed by atoms with E-state index >= 15 is 0 Å². The lowest BCUT2D eigenvalue weighted by molar-refractivity contribution is 0.402. The van der Waals surface area contributed by atoms with Crippen LogP contribution in [-0.4, -0.2) is 29.7 Å². The number of guanidine groups is 1. The normalized spacial score (nSPS) is 9.27. The van der Waals surface area contributed by atoms with E-state index in [4.69, 9.17) is 21.5 Å². The van der Waals surface area contributed by atoms with Crippen LogP contribution in [0, 0.1) is 0 Å². The maximum absolute atomic E-state index is 8.43. The molecule has 0 saturated heterocycles. The molecule has 0 atom stereocenters. The summed E-state index contributed by atoms with van der Waals surface area (Å²) in [5.74, 6) is 0.0783. The molecule has 0 amide bonds. The largest absolute Gasteiger partial charge is 0.451 e. The van der Waals surface area contributed by atoms with Crippen molar-refractivity contribution in [3.63, 3.8) is 0 Å². The number of nitrogens with two attached hydrogens (primary N) is 2. The SMILES string of the molecule is NC(N)=NCCCCB(O)O. The average Bonchev–Trinajstić information content (AvgIpc) is 1.85. The van der Waals surface area contributed by atoms with Crippen molar-refractivity contribution in [2.24, 2.45) is 16.5 Å². The summed E-state index contributed by atoms with van der Waals surface area (Å²) in [4.78, 5) is 3.73. The predicted octanol–water partition coefficient (Wildman–Crippen LogP) is -1.49. The zero-order valence-electron chi connectivity index (χ0n) is 6.40. The van der Waals surface area contributed by atoms with Crippen molar-refractivity contribution in [2.45, 2.75) is 19.2 Å². The molecule has 64 valence electrons. The Morgan fingerprint density at radius 1 is 1.27 bits per heavy atom. The van der Waals surface area contributed by atoms with Gasteiger partial charge < -0.3 is 21.5 Å². The first-order valence-corrected chi connectivity index (χ1v) is 3.54. The van der Waals surface area contributed by atoms with E-state index in [9.17, 15) is 0 Å². The van der Waals surface area contributed by atoms with E-state index in [1.54, 1.807) is 0 Å². The highest BCUT2D eigenvalue weighted by Crippen LogP contribution is 1.97. The van der Waals surface area contributed by atoms with E-state index in [1.807, 2.05) is 0 Å². The van der Waals surface area contributed by atoms with Gasteiger partial charge in [0.25, 0.3) is 0 Å². The number of aliphatic imine (C=N–C) groups is 1. The maximum Gasteiger partial charge on any atom is 0.451 e. The van der Waals surface area contributed by atoms with Gasteiger partial charge in [-0.1, -0.05) is 6.42 Å². The fraction of sp³-hybridized carbons (Fsp3) is 0.800. The van der Waals surface area contributed by atoms with E-state index < -0.39 is 7.12 Å². The van der Waals surface area contributed by atoms with Crippen molar-refractivity contribution in [1.29, 1.82) is 0 Å². The highest BCUT2D eigenvalue weighted by Gasteiger charge is 2.03. The molecule has 0 aromatic heterocycles. The van der Waals surface area contributed by atoms with Crippen LogP contribution in [0.4, 0.5) is 0 Å². The van der Waals surface area contributed by atoms with Gasteiger partial charge in [0, 0.05) is 6.54 Å². The molecule has 0 unspecified atom stereocenters. The second kappa shape index (κ2) is 6.00. The Bertz CT molecular complexity index is 125. The molecular weight excluding hydrogens is 145 g/mol. The van der Waals surface area contributed by atoms with Crippen LogP contribution in [0.5, 0.6) is 0 Å². The van der Waals surface area contributed by atoms with Gasteiger partial charge in [-0.3, -0.25) is 4.99 Å². The second-order valence-electron chi connectivity index (χ2n) is 2.28. The van der Waals surface area contributed by atoms with Gasteiger partial charge in [0.1, 0.15) is 0 Å². The van der Waals surface area contributed by atoms with Crippen LogP contribution in [-0.2, 0) is 0 Å². The summed E-state index contributed by atoms with van der Waals surface area (Å²) in [6.45, 7) is 0.551. The quantitative estimate of drug-likeness (QED) is 0.170. The number of rotatable bonds is 5. The predicted molar refractivity (Wildman–Crippen MR) is 44.9 cm³/mol. The number of hydrogen-bond donors (Lipinski definition) is 4. The van der Waals surface area contributed by atoms with E-state index in [1.165, 1.54) is 0 Å². The molecule has 0 aliphatic rings. The van der Waals surface area contributed by atoms with Crippen molar-refractivity contribution < 1.29 is 10.0 Å². The Hall–Kier alpha value is -0.745. The van der Waals surface area contributed by atoms with Gasteiger partial charge in [0.05, 0.1) is 0 Å². The minimum Gasteiger partial charge on any atom is -0.427 e. The molecule has 0 heterocycles. The average molecular weight is 159 g/mol. The van der Waals surface area contributed by atoms with E-state index in [0.717, 1.165) is 6.42 Å². The topological polar surface area (TPSA) is 105 Å².